The van der Waals surface area contributed by atoms with Crippen LogP contribution < -0.4 is 0 Å². The highest BCUT2D eigenvalue weighted by Gasteiger charge is 2.36. The van der Waals surface area contributed by atoms with Gasteiger partial charge in [-0.1, -0.05) is 25.4 Å². The van der Waals surface area contributed by atoms with Gasteiger partial charge in [-0.2, -0.15) is 0 Å². The molecule has 0 radical (unpaired) electrons. The molecule has 0 N–H and O–H groups in total. The molecule has 6 heteroatoms. The Labute approximate surface area is 110 Å². The van der Waals surface area contributed by atoms with Crippen LogP contribution in [0.3, 0.4) is 0 Å². The summed E-state index contributed by atoms with van der Waals surface area (Å²) in [7, 11) is 0. The Balaban J connectivity index is 2.15. The number of hydrogen-bond donors (Lipinski definition) is 0. The zero-order valence-corrected chi connectivity index (χ0v) is 11.0. The molecule has 18 heavy (non-hydrogen) atoms. The highest BCUT2D eigenvalue weighted by atomic mass is 35.5. The molecule has 0 aromatic carbocycles. The molecule has 2 heterocycles. The van der Waals surface area contributed by atoms with E-state index in [-0.39, 0.29) is 22.7 Å². The third-order valence-electron chi connectivity index (χ3n) is 3.19. The first kappa shape index (κ1) is 13.0. The van der Waals surface area contributed by atoms with Crippen LogP contribution in [0.4, 0.5) is 0 Å². The van der Waals surface area contributed by atoms with Gasteiger partial charge >= 0.3 is 0 Å². The predicted octanol–water partition coefficient (Wildman–Crippen LogP) is 1.77. The molecule has 1 aromatic rings. The van der Waals surface area contributed by atoms with Gasteiger partial charge in [0.25, 0.3) is 5.91 Å². The molecular formula is C12H14ClN3O2. The molecule has 0 bridgehead atoms. The predicted molar refractivity (Wildman–Crippen MR) is 66.0 cm³/mol. The van der Waals surface area contributed by atoms with Crippen molar-refractivity contribution >= 4 is 23.4 Å². The van der Waals surface area contributed by atoms with Crippen molar-refractivity contribution in [1.29, 1.82) is 0 Å². The molecule has 5 nitrogen and oxygen atoms in total. The summed E-state index contributed by atoms with van der Waals surface area (Å²) in [6.07, 6.45) is 0.421. The summed E-state index contributed by atoms with van der Waals surface area (Å²) in [6.45, 7) is 4.56. The minimum Gasteiger partial charge on any atom is -0.277 e. The second-order valence-corrected chi connectivity index (χ2v) is 5.15. The Bertz CT molecular complexity index is 473. The third-order valence-corrected chi connectivity index (χ3v) is 3.40. The van der Waals surface area contributed by atoms with E-state index in [4.69, 9.17) is 11.6 Å². The fourth-order valence-corrected chi connectivity index (χ4v) is 2.05. The van der Waals surface area contributed by atoms with Gasteiger partial charge in [0.15, 0.2) is 10.8 Å². The van der Waals surface area contributed by atoms with Gasteiger partial charge in [0.1, 0.15) is 0 Å². The number of rotatable bonds is 2. The van der Waals surface area contributed by atoms with Crippen LogP contribution in [0, 0.1) is 11.8 Å². The van der Waals surface area contributed by atoms with Crippen LogP contribution in [0.25, 0.3) is 0 Å². The van der Waals surface area contributed by atoms with Gasteiger partial charge in [-0.05, 0) is 24.0 Å². The average molecular weight is 268 g/mol. The van der Waals surface area contributed by atoms with Crippen molar-refractivity contribution in [2.24, 2.45) is 11.8 Å². The number of nitrogens with zero attached hydrogens (tertiary/aromatic N) is 3. The van der Waals surface area contributed by atoms with Crippen LogP contribution in [0.2, 0.25) is 5.15 Å². The van der Waals surface area contributed by atoms with Crippen molar-refractivity contribution in [3.8, 4) is 0 Å². The lowest BCUT2D eigenvalue weighted by molar-refractivity contribution is -0.125. The fourth-order valence-electron chi connectivity index (χ4n) is 1.95. The Kier molecular flexibility index (Phi) is 3.61. The molecule has 1 unspecified atom stereocenters. The standard InChI is InChI=1S/C12H14ClN3O2/c1-7(2)8-5-11(17)16(6-8)12(18)9-3-4-10(13)15-14-9/h3-4,7-8H,5-6H2,1-2H3. The monoisotopic (exact) mass is 267 g/mol. The van der Waals surface area contributed by atoms with E-state index in [1.165, 1.54) is 17.0 Å². The molecule has 2 rings (SSSR count). The zero-order chi connectivity index (χ0) is 13.3. The lowest BCUT2D eigenvalue weighted by Gasteiger charge is -2.15. The first-order valence-corrected chi connectivity index (χ1v) is 6.20. The van der Waals surface area contributed by atoms with Crippen molar-refractivity contribution in [3.63, 3.8) is 0 Å². The third kappa shape index (κ3) is 2.51. The molecule has 96 valence electrons. The largest absolute Gasteiger partial charge is 0.280 e. The number of halogens is 1. The van der Waals surface area contributed by atoms with Crippen molar-refractivity contribution in [2.75, 3.05) is 6.54 Å². The first-order valence-electron chi connectivity index (χ1n) is 5.83. The minimum absolute atomic E-state index is 0.143. The summed E-state index contributed by atoms with van der Waals surface area (Å²) < 4.78 is 0. The number of hydrogen-bond acceptors (Lipinski definition) is 4. The molecular weight excluding hydrogens is 254 g/mol. The van der Waals surface area contributed by atoms with E-state index in [0.717, 1.165) is 0 Å². The highest BCUT2D eigenvalue weighted by Crippen LogP contribution is 2.25. The maximum atomic E-state index is 12.1. The molecule has 1 aliphatic rings. The Morgan fingerprint density at radius 1 is 1.44 bits per heavy atom. The van der Waals surface area contributed by atoms with Crippen LogP contribution in [-0.4, -0.2) is 33.5 Å². The fraction of sp³-hybridized carbons (Fsp3) is 0.500. The van der Waals surface area contributed by atoms with Gasteiger partial charge < -0.3 is 0 Å². The Hall–Kier alpha value is -1.49. The van der Waals surface area contributed by atoms with Crippen molar-refractivity contribution in [1.82, 2.24) is 15.1 Å². The van der Waals surface area contributed by atoms with Crippen molar-refractivity contribution < 1.29 is 9.59 Å². The van der Waals surface area contributed by atoms with Gasteiger partial charge in [0.05, 0.1) is 0 Å². The second kappa shape index (κ2) is 5.02. The summed E-state index contributed by atoms with van der Waals surface area (Å²) in [5.41, 5.74) is 0.150. The van der Waals surface area contributed by atoms with Crippen LogP contribution in [0.1, 0.15) is 30.8 Å². The summed E-state index contributed by atoms with van der Waals surface area (Å²) in [5.74, 6) is 0.0625. The van der Waals surface area contributed by atoms with Crippen LogP contribution in [-0.2, 0) is 4.79 Å². The van der Waals surface area contributed by atoms with Gasteiger partial charge in [-0.3, -0.25) is 14.5 Å². The van der Waals surface area contributed by atoms with Crippen LogP contribution in [0.15, 0.2) is 12.1 Å². The number of carbonyl (C=O) groups excluding carboxylic acids is 2. The number of imide groups is 1. The Morgan fingerprint density at radius 2 is 2.17 bits per heavy atom. The molecule has 2 amide bonds. The Morgan fingerprint density at radius 3 is 2.67 bits per heavy atom. The van der Waals surface area contributed by atoms with E-state index in [0.29, 0.717) is 18.9 Å². The highest BCUT2D eigenvalue weighted by molar-refractivity contribution is 6.29. The lowest BCUT2D eigenvalue weighted by atomic mass is 9.95. The second-order valence-electron chi connectivity index (χ2n) is 4.76. The molecule has 0 saturated carbocycles. The number of likely N-dealkylation sites (tertiary alicyclic amines) is 1. The molecule has 1 aromatic heterocycles. The van der Waals surface area contributed by atoms with Crippen molar-refractivity contribution in [2.45, 2.75) is 20.3 Å². The van der Waals surface area contributed by atoms with E-state index < -0.39 is 5.91 Å². The topological polar surface area (TPSA) is 63.2 Å². The van der Waals surface area contributed by atoms with Gasteiger partial charge in [0, 0.05) is 13.0 Å². The molecule has 1 saturated heterocycles. The summed E-state index contributed by atoms with van der Waals surface area (Å²) >= 11 is 5.60. The van der Waals surface area contributed by atoms with Crippen LogP contribution >= 0.6 is 11.6 Å². The number of carbonyl (C=O) groups is 2. The molecule has 0 spiro atoms. The molecule has 1 fully saturated rings. The smallest absolute Gasteiger partial charge is 0.277 e. The van der Waals surface area contributed by atoms with Gasteiger partial charge in [0.2, 0.25) is 5.91 Å². The quantitative estimate of drug-likeness (QED) is 0.766. The summed E-state index contributed by atoms with van der Waals surface area (Å²) in [5, 5.41) is 7.53. The normalized spacial score (nSPS) is 19.7. The molecule has 0 aliphatic carbocycles. The van der Waals surface area contributed by atoms with Gasteiger partial charge in [-0.15, -0.1) is 10.2 Å². The first-order chi connectivity index (χ1) is 8.49. The molecule has 1 atom stereocenters. The SMILES string of the molecule is CC(C)C1CC(=O)N(C(=O)c2ccc(Cl)nn2)C1. The lowest BCUT2D eigenvalue weighted by Crippen LogP contribution is -2.33. The molecule has 1 aliphatic heterocycles. The van der Waals surface area contributed by atoms with E-state index in [1.54, 1.807) is 0 Å². The zero-order valence-electron chi connectivity index (χ0n) is 10.3. The van der Waals surface area contributed by atoms with E-state index in [1.807, 2.05) is 13.8 Å². The summed E-state index contributed by atoms with van der Waals surface area (Å²) in [6, 6.07) is 2.97. The number of aromatic nitrogens is 2. The van der Waals surface area contributed by atoms with E-state index >= 15 is 0 Å². The van der Waals surface area contributed by atoms with E-state index in [9.17, 15) is 9.59 Å². The minimum atomic E-state index is -0.396. The summed E-state index contributed by atoms with van der Waals surface area (Å²) in [4.78, 5) is 25.2. The maximum absolute atomic E-state index is 12.1. The van der Waals surface area contributed by atoms with E-state index in [2.05, 4.69) is 10.2 Å². The average Bonchev–Trinajstić information content (AvgIpc) is 2.71. The van der Waals surface area contributed by atoms with Crippen LogP contribution in [0.5, 0.6) is 0 Å². The van der Waals surface area contributed by atoms with Crippen molar-refractivity contribution in [3.05, 3.63) is 23.0 Å². The van der Waals surface area contributed by atoms with Gasteiger partial charge in [-0.25, -0.2) is 0 Å². The maximum Gasteiger partial charge on any atom is 0.280 e. The number of amides is 2.